The van der Waals surface area contributed by atoms with Gasteiger partial charge in [-0.15, -0.1) is 0 Å². The zero-order chi connectivity index (χ0) is 24.8. The summed E-state index contributed by atoms with van der Waals surface area (Å²) in [7, 11) is -3.08. The lowest BCUT2D eigenvalue weighted by molar-refractivity contribution is 0.592. The number of hydrogen-bond acceptors (Lipinski definition) is 2. The maximum Gasteiger partial charge on any atom is 0.171 e. The van der Waals surface area contributed by atoms with Gasteiger partial charge in [0.15, 0.2) is 7.14 Å². The number of pyridine rings is 1. The minimum Gasteiger partial charge on any atom is -0.309 e. The number of benzene rings is 5. The van der Waals surface area contributed by atoms with Gasteiger partial charge in [-0.25, -0.2) is 0 Å². The van der Waals surface area contributed by atoms with Gasteiger partial charge in [-0.3, -0.25) is 4.98 Å². The molecule has 37 heavy (non-hydrogen) atoms. The van der Waals surface area contributed by atoms with Crippen LogP contribution in [0.2, 0.25) is 0 Å². The summed E-state index contributed by atoms with van der Waals surface area (Å²) in [6, 6.07) is 44.7. The highest BCUT2D eigenvalue weighted by Crippen LogP contribution is 2.44. The molecule has 0 amide bonds. The van der Waals surface area contributed by atoms with Crippen molar-refractivity contribution >= 4 is 55.8 Å². The lowest BCUT2D eigenvalue weighted by Gasteiger charge is -2.20. The second-order valence-electron chi connectivity index (χ2n) is 9.18. The number of fused-ring (bicyclic) bond motifs is 4. The number of hydrogen-bond donors (Lipinski definition) is 0. The Hall–Kier alpha value is -4.46. The Balaban J connectivity index is 1.55. The van der Waals surface area contributed by atoms with E-state index in [0.717, 1.165) is 54.3 Å². The summed E-state index contributed by atoms with van der Waals surface area (Å²) >= 11 is 0. The van der Waals surface area contributed by atoms with Crippen molar-refractivity contribution in [3.8, 4) is 5.69 Å². The first-order valence-electron chi connectivity index (χ1n) is 12.3. The molecule has 0 spiro atoms. The molecule has 3 nitrogen and oxygen atoms in total. The molecule has 0 atom stereocenters. The predicted octanol–water partition coefficient (Wildman–Crippen LogP) is 6.97. The summed E-state index contributed by atoms with van der Waals surface area (Å²) in [6.07, 6.45) is 1.87. The predicted molar refractivity (Wildman–Crippen MR) is 155 cm³/mol. The molecule has 7 rings (SSSR count). The quantitative estimate of drug-likeness (QED) is 0.248. The Kier molecular flexibility index (Phi) is 5.06. The topological polar surface area (TPSA) is 34.9 Å². The Bertz CT molecular complexity index is 1910. The van der Waals surface area contributed by atoms with Crippen molar-refractivity contribution in [2.75, 3.05) is 0 Å². The molecule has 0 aliphatic rings. The van der Waals surface area contributed by atoms with E-state index in [4.69, 9.17) is 0 Å². The van der Waals surface area contributed by atoms with Crippen LogP contribution in [-0.4, -0.2) is 9.55 Å². The van der Waals surface area contributed by atoms with E-state index in [0.29, 0.717) is 0 Å². The molecular formula is C33H23N2OP. The van der Waals surface area contributed by atoms with Crippen molar-refractivity contribution in [2.45, 2.75) is 0 Å². The van der Waals surface area contributed by atoms with E-state index in [1.165, 1.54) is 0 Å². The molecule has 0 bridgehead atoms. The molecule has 0 saturated carbocycles. The van der Waals surface area contributed by atoms with Gasteiger partial charge >= 0.3 is 0 Å². The molecule has 4 heteroatoms. The zero-order valence-electron chi connectivity index (χ0n) is 20.0. The van der Waals surface area contributed by atoms with Gasteiger partial charge in [-0.05, 0) is 36.4 Å². The van der Waals surface area contributed by atoms with Crippen molar-refractivity contribution in [3.63, 3.8) is 0 Å². The number of aromatic nitrogens is 2. The fraction of sp³-hybridized carbons (Fsp3) is 0. The molecule has 176 valence electrons. The van der Waals surface area contributed by atoms with Crippen LogP contribution < -0.4 is 15.9 Å². The maximum atomic E-state index is 15.0. The standard InChI is InChI=1S/C33H23N2OP/c36-37(24-11-3-1-4-12-24,25-13-5-2-6-14-25)26-19-20-32-29(23-26)27-15-8-10-18-31(27)35(32)33-21-22-34-30-17-9-7-16-28(30)33/h1-23H. The van der Waals surface area contributed by atoms with Crippen LogP contribution in [0, 0.1) is 0 Å². The van der Waals surface area contributed by atoms with Crippen LogP contribution in [0.4, 0.5) is 0 Å². The van der Waals surface area contributed by atoms with Crippen LogP contribution in [0.1, 0.15) is 0 Å². The van der Waals surface area contributed by atoms with Gasteiger partial charge in [-0.2, -0.15) is 0 Å². The fourth-order valence-corrected chi connectivity index (χ4v) is 8.09. The SMILES string of the molecule is O=P(c1ccccc1)(c1ccccc1)c1ccc2c(c1)c1ccccc1n2-c1ccnc2ccccc12. The van der Waals surface area contributed by atoms with E-state index < -0.39 is 7.14 Å². The molecule has 0 saturated heterocycles. The minimum absolute atomic E-state index is 0.833. The summed E-state index contributed by atoms with van der Waals surface area (Å²) in [5, 5.41) is 5.82. The summed E-state index contributed by atoms with van der Waals surface area (Å²) in [5.74, 6) is 0. The molecular weight excluding hydrogens is 471 g/mol. The fourth-order valence-electron chi connectivity index (χ4n) is 5.42. The second-order valence-corrected chi connectivity index (χ2v) is 11.9. The normalized spacial score (nSPS) is 11.9. The first kappa shape index (κ1) is 21.8. The van der Waals surface area contributed by atoms with E-state index in [2.05, 4.69) is 64.1 Å². The van der Waals surface area contributed by atoms with Gasteiger partial charge < -0.3 is 9.13 Å². The van der Waals surface area contributed by atoms with Crippen LogP contribution in [0.5, 0.6) is 0 Å². The van der Waals surface area contributed by atoms with Gasteiger partial charge in [0.2, 0.25) is 0 Å². The smallest absolute Gasteiger partial charge is 0.171 e. The van der Waals surface area contributed by atoms with E-state index in [1.54, 1.807) is 0 Å². The Labute approximate surface area is 215 Å². The van der Waals surface area contributed by atoms with Gasteiger partial charge in [0.1, 0.15) is 0 Å². The van der Waals surface area contributed by atoms with Crippen LogP contribution in [0.3, 0.4) is 0 Å². The Morgan fingerprint density at radius 2 is 1.11 bits per heavy atom. The highest BCUT2D eigenvalue weighted by Gasteiger charge is 2.30. The Morgan fingerprint density at radius 3 is 1.84 bits per heavy atom. The third-order valence-electron chi connectivity index (χ3n) is 7.13. The number of nitrogens with zero attached hydrogens (tertiary/aromatic N) is 2. The third-order valence-corrected chi connectivity index (χ3v) is 10.2. The molecule has 0 radical (unpaired) electrons. The summed E-state index contributed by atoms with van der Waals surface area (Å²) in [4.78, 5) is 4.58. The van der Waals surface area contributed by atoms with Gasteiger partial charge in [0.25, 0.3) is 0 Å². The van der Waals surface area contributed by atoms with Gasteiger partial charge in [-0.1, -0.05) is 97.1 Å². The van der Waals surface area contributed by atoms with Crippen molar-refractivity contribution in [1.29, 1.82) is 0 Å². The summed E-state index contributed by atoms with van der Waals surface area (Å²) in [5.41, 5.74) is 4.23. The monoisotopic (exact) mass is 494 g/mol. The molecule has 0 N–H and O–H groups in total. The van der Waals surface area contributed by atoms with Crippen molar-refractivity contribution in [1.82, 2.24) is 9.55 Å². The minimum atomic E-state index is -3.08. The average Bonchev–Trinajstić information content (AvgIpc) is 3.31. The first-order valence-corrected chi connectivity index (χ1v) is 14.0. The molecule has 5 aromatic carbocycles. The molecule has 2 heterocycles. The number of rotatable bonds is 4. The molecule has 0 aliphatic carbocycles. The van der Waals surface area contributed by atoms with Crippen LogP contribution >= 0.6 is 7.14 Å². The van der Waals surface area contributed by atoms with Crippen LogP contribution in [0.25, 0.3) is 38.4 Å². The van der Waals surface area contributed by atoms with Gasteiger partial charge in [0, 0.05) is 38.3 Å². The first-order chi connectivity index (χ1) is 18.2. The van der Waals surface area contributed by atoms with Crippen molar-refractivity contribution < 1.29 is 4.57 Å². The summed E-state index contributed by atoms with van der Waals surface area (Å²) < 4.78 is 17.3. The average molecular weight is 495 g/mol. The van der Waals surface area contributed by atoms with Crippen LogP contribution in [0.15, 0.2) is 140 Å². The van der Waals surface area contributed by atoms with E-state index in [1.807, 2.05) is 85.1 Å². The lowest BCUT2D eigenvalue weighted by atomic mass is 10.1. The number of para-hydroxylation sites is 2. The highest BCUT2D eigenvalue weighted by molar-refractivity contribution is 7.85. The third kappa shape index (κ3) is 3.36. The van der Waals surface area contributed by atoms with E-state index in [9.17, 15) is 0 Å². The Morgan fingerprint density at radius 1 is 0.514 bits per heavy atom. The largest absolute Gasteiger partial charge is 0.309 e. The lowest BCUT2D eigenvalue weighted by Crippen LogP contribution is -2.24. The molecule has 0 unspecified atom stereocenters. The molecule has 0 fully saturated rings. The van der Waals surface area contributed by atoms with Crippen LogP contribution in [-0.2, 0) is 4.57 Å². The van der Waals surface area contributed by atoms with Gasteiger partial charge in [0.05, 0.1) is 22.2 Å². The second kappa shape index (κ2) is 8.58. The van der Waals surface area contributed by atoms with Crippen molar-refractivity contribution in [2.24, 2.45) is 0 Å². The summed E-state index contributed by atoms with van der Waals surface area (Å²) in [6.45, 7) is 0. The molecule has 0 aliphatic heterocycles. The van der Waals surface area contributed by atoms with Crippen molar-refractivity contribution in [3.05, 3.63) is 140 Å². The van der Waals surface area contributed by atoms with E-state index in [-0.39, 0.29) is 0 Å². The highest BCUT2D eigenvalue weighted by atomic mass is 31.2. The van der Waals surface area contributed by atoms with E-state index >= 15 is 4.57 Å². The zero-order valence-corrected chi connectivity index (χ0v) is 20.9. The maximum absolute atomic E-state index is 15.0. The molecule has 2 aromatic heterocycles. The molecule has 7 aromatic rings.